The Morgan fingerprint density at radius 1 is 1.43 bits per heavy atom. The molecule has 1 saturated carbocycles. The van der Waals surface area contributed by atoms with Gasteiger partial charge in [-0.15, -0.1) is 0 Å². The average molecular weight is 384 g/mol. The molecular formula is C13H22BrNO5S. The Kier molecular flexibility index (Phi) is 3.91. The minimum Gasteiger partial charge on any atom is -0.465 e. The van der Waals surface area contributed by atoms with Crippen LogP contribution in [0.1, 0.15) is 40.5 Å². The number of rotatable bonds is 4. The van der Waals surface area contributed by atoms with Gasteiger partial charge in [0.1, 0.15) is 5.72 Å². The smallest absolute Gasteiger partial charge is 0.409 e. The molecule has 0 spiro atoms. The summed E-state index contributed by atoms with van der Waals surface area (Å²) >= 11 is 3.30. The predicted molar refractivity (Wildman–Crippen MR) is 82.4 cm³/mol. The van der Waals surface area contributed by atoms with Crippen LogP contribution in [0.2, 0.25) is 0 Å². The maximum atomic E-state index is 13.0. The van der Waals surface area contributed by atoms with Gasteiger partial charge >= 0.3 is 6.09 Å². The van der Waals surface area contributed by atoms with E-state index < -0.39 is 37.2 Å². The zero-order valence-electron chi connectivity index (χ0n) is 12.7. The van der Waals surface area contributed by atoms with Gasteiger partial charge in [-0.2, -0.15) is 0 Å². The van der Waals surface area contributed by atoms with E-state index in [9.17, 15) is 18.3 Å². The lowest BCUT2D eigenvalue weighted by atomic mass is 10.0. The first-order chi connectivity index (χ1) is 9.43. The molecular weight excluding hydrogens is 362 g/mol. The number of hydrogen-bond donors (Lipinski definition) is 1. The molecule has 6 nitrogen and oxygen atoms in total. The molecule has 1 aliphatic heterocycles. The molecule has 1 atom stereocenters. The number of carbonyl (C=O) groups is 1. The van der Waals surface area contributed by atoms with Crippen LogP contribution in [0.3, 0.4) is 0 Å². The zero-order chi connectivity index (χ0) is 16.3. The zero-order valence-corrected chi connectivity index (χ0v) is 15.1. The van der Waals surface area contributed by atoms with Crippen LogP contribution in [0, 0.1) is 0 Å². The van der Waals surface area contributed by atoms with Crippen LogP contribution in [0.15, 0.2) is 0 Å². The second kappa shape index (κ2) is 4.83. The second-order valence-corrected chi connectivity index (χ2v) is 10.3. The van der Waals surface area contributed by atoms with E-state index in [2.05, 4.69) is 15.9 Å². The van der Waals surface area contributed by atoms with Crippen LogP contribution in [0.5, 0.6) is 0 Å². The first-order valence-electron chi connectivity index (χ1n) is 6.89. The third kappa shape index (κ3) is 2.30. The lowest BCUT2D eigenvalue weighted by Crippen LogP contribution is -2.59. The minimum atomic E-state index is -3.51. The lowest BCUT2D eigenvalue weighted by Gasteiger charge is -2.40. The lowest BCUT2D eigenvalue weighted by molar-refractivity contribution is -0.0427. The molecule has 0 bridgehead atoms. The molecule has 2 aliphatic rings. The summed E-state index contributed by atoms with van der Waals surface area (Å²) in [6.07, 6.45) is 0.0803. The molecule has 0 unspecified atom stereocenters. The molecule has 0 radical (unpaired) electrons. The molecule has 122 valence electrons. The van der Waals surface area contributed by atoms with Crippen molar-refractivity contribution >= 4 is 31.9 Å². The molecule has 1 heterocycles. The van der Waals surface area contributed by atoms with Gasteiger partial charge in [0.15, 0.2) is 9.84 Å². The summed E-state index contributed by atoms with van der Waals surface area (Å²) in [5, 5.41) is 9.85. The molecule has 2 rings (SSSR count). The van der Waals surface area contributed by atoms with E-state index in [4.69, 9.17) is 4.74 Å². The number of sulfone groups is 1. The van der Waals surface area contributed by atoms with E-state index in [-0.39, 0.29) is 6.61 Å². The normalized spacial score (nSPS) is 27.7. The van der Waals surface area contributed by atoms with Crippen LogP contribution >= 0.6 is 15.9 Å². The largest absolute Gasteiger partial charge is 0.465 e. The van der Waals surface area contributed by atoms with Gasteiger partial charge in [0.05, 0.1) is 22.1 Å². The highest BCUT2D eigenvalue weighted by atomic mass is 79.9. The quantitative estimate of drug-likeness (QED) is 0.752. The van der Waals surface area contributed by atoms with Crippen molar-refractivity contribution in [2.75, 3.05) is 11.9 Å². The standard InChI is InChI=1S/C13H22BrNO5S/c1-11(2,21(18,19)13(8-14)5-6-13)9-7-20-12(3,4)15(9)10(16)17/h9H,5-8H2,1-4H3,(H,16,17)/t9-/m1/s1. The van der Waals surface area contributed by atoms with E-state index in [0.717, 1.165) is 4.90 Å². The molecule has 2 fully saturated rings. The van der Waals surface area contributed by atoms with Crippen molar-refractivity contribution in [3.8, 4) is 0 Å². The fourth-order valence-electron chi connectivity index (χ4n) is 3.03. The van der Waals surface area contributed by atoms with E-state index in [1.165, 1.54) is 0 Å². The molecule has 0 aromatic rings. The minimum absolute atomic E-state index is 0.0872. The summed E-state index contributed by atoms with van der Waals surface area (Å²) in [4.78, 5) is 12.7. The fraction of sp³-hybridized carbons (Fsp3) is 0.923. The van der Waals surface area contributed by atoms with Crippen molar-refractivity contribution in [1.82, 2.24) is 4.90 Å². The Morgan fingerprint density at radius 2 is 1.95 bits per heavy atom. The number of nitrogens with zero attached hydrogens (tertiary/aromatic N) is 1. The third-order valence-electron chi connectivity index (χ3n) is 4.81. The highest BCUT2D eigenvalue weighted by molar-refractivity contribution is 9.09. The van der Waals surface area contributed by atoms with Crippen molar-refractivity contribution in [3.63, 3.8) is 0 Å². The van der Waals surface area contributed by atoms with Crippen LogP contribution < -0.4 is 0 Å². The Bertz CT molecular complexity index is 553. The maximum absolute atomic E-state index is 13.0. The third-order valence-corrected chi connectivity index (χ3v) is 9.60. The van der Waals surface area contributed by atoms with E-state index in [1.54, 1.807) is 27.7 Å². The SMILES string of the molecule is CC1(C)OC[C@H](C(C)(C)S(=O)(=O)C2(CBr)CC2)N1C(=O)O. The van der Waals surface area contributed by atoms with Gasteiger partial charge in [-0.05, 0) is 40.5 Å². The van der Waals surface area contributed by atoms with Crippen molar-refractivity contribution in [3.05, 3.63) is 0 Å². The van der Waals surface area contributed by atoms with Gasteiger partial charge < -0.3 is 9.84 Å². The van der Waals surface area contributed by atoms with Gasteiger partial charge in [-0.3, -0.25) is 4.90 Å². The first kappa shape index (κ1) is 17.0. The molecule has 1 aliphatic carbocycles. The summed E-state index contributed by atoms with van der Waals surface area (Å²) in [7, 11) is -3.51. The number of carboxylic acid groups (broad SMARTS) is 1. The van der Waals surface area contributed by atoms with Gasteiger partial charge in [0.25, 0.3) is 0 Å². The Morgan fingerprint density at radius 3 is 2.33 bits per heavy atom. The number of ether oxygens (including phenoxy) is 1. The van der Waals surface area contributed by atoms with Crippen LogP contribution in [0.4, 0.5) is 4.79 Å². The Hall–Kier alpha value is -0.340. The molecule has 8 heteroatoms. The van der Waals surface area contributed by atoms with Gasteiger partial charge in [-0.25, -0.2) is 13.2 Å². The molecule has 1 saturated heterocycles. The first-order valence-corrected chi connectivity index (χ1v) is 9.50. The Labute approximate surface area is 133 Å². The highest BCUT2D eigenvalue weighted by Crippen LogP contribution is 2.51. The van der Waals surface area contributed by atoms with Crippen LogP contribution in [-0.4, -0.2) is 57.7 Å². The Balaban J connectivity index is 2.42. The van der Waals surface area contributed by atoms with E-state index in [1.807, 2.05) is 0 Å². The van der Waals surface area contributed by atoms with Crippen molar-refractivity contribution in [2.45, 2.75) is 61.8 Å². The summed E-state index contributed by atoms with van der Waals surface area (Å²) in [5.74, 6) is 0. The van der Waals surface area contributed by atoms with Gasteiger partial charge in [0.2, 0.25) is 0 Å². The molecule has 0 aromatic carbocycles. The number of halogens is 1. The van der Waals surface area contributed by atoms with Crippen LogP contribution in [0.25, 0.3) is 0 Å². The fourth-order valence-corrected chi connectivity index (χ4v) is 6.92. The van der Waals surface area contributed by atoms with Crippen molar-refractivity contribution in [2.24, 2.45) is 0 Å². The molecule has 1 N–H and O–H groups in total. The van der Waals surface area contributed by atoms with Crippen LogP contribution in [-0.2, 0) is 14.6 Å². The number of amides is 1. The monoisotopic (exact) mass is 383 g/mol. The maximum Gasteiger partial charge on any atom is 0.409 e. The summed E-state index contributed by atoms with van der Waals surface area (Å²) in [6.45, 7) is 6.58. The summed E-state index contributed by atoms with van der Waals surface area (Å²) in [6, 6.07) is -0.716. The topological polar surface area (TPSA) is 83.9 Å². The molecule has 0 aromatic heterocycles. The van der Waals surface area contributed by atoms with E-state index in [0.29, 0.717) is 18.2 Å². The molecule has 21 heavy (non-hydrogen) atoms. The predicted octanol–water partition coefficient (Wildman–Crippen LogP) is 2.22. The number of alkyl halides is 1. The summed E-state index contributed by atoms with van der Waals surface area (Å²) in [5.41, 5.74) is -1.02. The number of hydrogen-bond acceptors (Lipinski definition) is 4. The summed E-state index contributed by atoms with van der Waals surface area (Å²) < 4.78 is 29.6. The molecule has 1 amide bonds. The van der Waals surface area contributed by atoms with Crippen molar-refractivity contribution < 1.29 is 23.1 Å². The highest BCUT2D eigenvalue weighted by Gasteiger charge is 2.64. The van der Waals surface area contributed by atoms with Gasteiger partial charge in [0, 0.05) is 5.33 Å². The van der Waals surface area contributed by atoms with Crippen molar-refractivity contribution in [1.29, 1.82) is 0 Å². The second-order valence-electron chi connectivity index (χ2n) is 6.85. The average Bonchev–Trinajstić information content (AvgIpc) is 3.08. The van der Waals surface area contributed by atoms with Gasteiger partial charge in [-0.1, -0.05) is 15.9 Å². The van der Waals surface area contributed by atoms with E-state index >= 15 is 0 Å².